The number of hydrogen-bond donors (Lipinski definition) is 1. The Kier molecular flexibility index (Phi) is 8.29. The summed E-state index contributed by atoms with van der Waals surface area (Å²) in [6.07, 6.45) is 3.95. The Bertz CT molecular complexity index is 1020. The van der Waals surface area contributed by atoms with Gasteiger partial charge in [-0.3, -0.25) is 9.69 Å². The highest BCUT2D eigenvalue weighted by molar-refractivity contribution is 9.10. The number of piperidine rings is 1. The Labute approximate surface area is 203 Å². The average Bonchev–Trinajstić information content (AvgIpc) is 3.31. The molecule has 1 fully saturated rings. The molecule has 1 N–H and O–H groups in total. The van der Waals surface area contributed by atoms with Crippen LogP contribution in [0.2, 0.25) is 0 Å². The normalized spacial score (nSPS) is 17.6. The van der Waals surface area contributed by atoms with E-state index in [1.807, 2.05) is 30.3 Å². The maximum atomic E-state index is 12.9. The zero-order chi connectivity index (χ0) is 23.0. The van der Waals surface area contributed by atoms with E-state index < -0.39 is 0 Å². The fourth-order valence-corrected chi connectivity index (χ4v) is 4.60. The predicted octanol–water partition coefficient (Wildman–Crippen LogP) is 5.10. The third-order valence-electron chi connectivity index (χ3n) is 6.32. The summed E-state index contributed by atoms with van der Waals surface area (Å²) < 4.78 is 6.49. The summed E-state index contributed by atoms with van der Waals surface area (Å²) in [5.74, 6) is 1.79. The molecule has 3 aromatic rings. The van der Waals surface area contributed by atoms with Crippen molar-refractivity contribution in [2.75, 3.05) is 19.6 Å². The number of nitrogens with zero attached hydrogens (tertiary/aromatic N) is 3. The number of rotatable bonds is 9. The summed E-state index contributed by atoms with van der Waals surface area (Å²) in [6, 6.07) is 18.3. The van der Waals surface area contributed by atoms with Gasteiger partial charge in [0, 0.05) is 23.1 Å². The molecule has 2 unspecified atom stereocenters. The van der Waals surface area contributed by atoms with Gasteiger partial charge < -0.3 is 9.84 Å². The van der Waals surface area contributed by atoms with Crippen LogP contribution in [0.15, 0.2) is 63.6 Å². The van der Waals surface area contributed by atoms with Gasteiger partial charge >= 0.3 is 0 Å². The van der Waals surface area contributed by atoms with Gasteiger partial charge in [-0.2, -0.15) is 4.98 Å². The number of nitrogens with one attached hydrogen (secondary N) is 1. The minimum Gasteiger partial charge on any atom is -0.356 e. The third kappa shape index (κ3) is 6.74. The quantitative estimate of drug-likeness (QED) is 0.433. The SMILES string of the molecule is CCC(CNC(=O)C1CCCN(Cc2nc(-c3ccc(Br)cc3)no2)C1)Cc1ccccc1. The average molecular weight is 511 g/mol. The fourth-order valence-electron chi connectivity index (χ4n) is 4.34. The zero-order valence-electron chi connectivity index (χ0n) is 19.0. The molecule has 0 spiro atoms. The van der Waals surface area contributed by atoms with Crippen LogP contribution in [-0.2, 0) is 17.8 Å². The number of amides is 1. The third-order valence-corrected chi connectivity index (χ3v) is 6.84. The van der Waals surface area contributed by atoms with Gasteiger partial charge in [0.1, 0.15) is 0 Å². The second kappa shape index (κ2) is 11.6. The van der Waals surface area contributed by atoms with Gasteiger partial charge in [0.2, 0.25) is 17.6 Å². The molecule has 33 heavy (non-hydrogen) atoms. The Balaban J connectivity index is 1.27. The van der Waals surface area contributed by atoms with Gasteiger partial charge in [-0.1, -0.05) is 64.8 Å². The number of carbonyl (C=O) groups is 1. The van der Waals surface area contributed by atoms with Crippen molar-refractivity contribution in [2.45, 2.75) is 39.2 Å². The molecule has 7 heteroatoms. The molecule has 1 aliphatic heterocycles. The summed E-state index contributed by atoms with van der Waals surface area (Å²) >= 11 is 3.44. The molecule has 1 aromatic heterocycles. The van der Waals surface area contributed by atoms with E-state index >= 15 is 0 Å². The molecule has 4 rings (SSSR count). The molecule has 1 saturated heterocycles. The largest absolute Gasteiger partial charge is 0.356 e. The Morgan fingerprint density at radius 1 is 1.21 bits per heavy atom. The molecule has 2 heterocycles. The van der Waals surface area contributed by atoms with Gasteiger partial charge in [-0.25, -0.2) is 0 Å². The van der Waals surface area contributed by atoms with Gasteiger partial charge in [0.15, 0.2) is 0 Å². The molecule has 2 atom stereocenters. The molecule has 2 aromatic carbocycles. The van der Waals surface area contributed by atoms with E-state index in [0.717, 1.165) is 55.4 Å². The van der Waals surface area contributed by atoms with E-state index in [2.05, 4.69) is 67.5 Å². The molecule has 1 aliphatic rings. The summed E-state index contributed by atoms with van der Waals surface area (Å²) in [4.78, 5) is 19.7. The lowest BCUT2D eigenvalue weighted by molar-refractivity contribution is -0.127. The predicted molar refractivity (Wildman–Crippen MR) is 132 cm³/mol. The van der Waals surface area contributed by atoms with Crippen LogP contribution >= 0.6 is 15.9 Å². The van der Waals surface area contributed by atoms with Gasteiger partial charge in [-0.15, -0.1) is 0 Å². The Morgan fingerprint density at radius 2 is 2.00 bits per heavy atom. The highest BCUT2D eigenvalue weighted by atomic mass is 79.9. The molecule has 1 amide bonds. The van der Waals surface area contributed by atoms with Crippen LogP contribution in [0.25, 0.3) is 11.4 Å². The van der Waals surface area contributed by atoms with Crippen LogP contribution in [0.3, 0.4) is 0 Å². The van der Waals surface area contributed by atoms with Crippen LogP contribution in [0.5, 0.6) is 0 Å². The summed E-state index contributed by atoms with van der Waals surface area (Å²) in [5.41, 5.74) is 2.24. The molecule has 0 saturated carbocycles. The Morgan fingerprint density at radius 3 is 2.76 bits per heavy atom. The van der Waals surface area contributed by atoms with E-state index in [1.54, 1.807) is 0 Å². The van der Waals surface area contributed by atoms with Crippen molar-refractivity contribution in [2.24, 2.45) is 11.8 Å². The standard InChI is InChI=1S/C26H31BrN4O2/c1-2-19(15-20-7-4-3-5-8-20)16-28-26(32)22-9-6-14-31(17-22)18-24-29-25(30-33-24)21-10-12-23(27)13-11-21/h3-5,7-8,10-13,19,22H,2,6,9,14-18H2,1H3,(H,28,32). The van der Waals surface area contributed by atoms with Crippen LogP contribution in [0, 0.1) is 11.8 Å². The van der Waals surface area contributed by atoms with Crippen LogP contribution in [0.4, 0.5) is 0 Å². The number of halogens is 1. The second-order valence-corrected chi connectivity index (χ2v) is 9.72. The van der Waals surface area contributed by atoms with E-state index in [4.69, 9.17) is 4.52 Å². The van der Waals surface area contributed by atoms with E-state index in [0.29, 0.717) is 24.2 Å². The van der Waals surface area contributed by atoms with Crippen molar-refractivity contribution in [3.8, 4) is 11.4 Å². The molecular weight excluding hydrogens is 480 g/mol. The highest BCUT2D eigenvalue weighted by Crippen LogP contribution is 2.22. The lowest BCUT2D eigenvalue weighted by Gasteiger charge is -2.31. The smallest absolute Gasteiger partial charge is 0.241 e. The first-order valence-corrected chi connectivity index (χ1v) is 12.5. The topological polar surface area (TPSA) is 71.3 Å². The first-order chi connectivity index (χ1) is 16.1. The lowest BCUT2D eigenvalue weighted by Crippen LogP contribution is -2.43. The van der Waals surface area contributed by atoms with Crippen molar-refractivity contribution in [1.29, 1.82) is 0 Å². The maximum Gasteiger partial charge on any atom is 0.241 e. The summed E-state index contributed by atoms with van der Waals surface area (Å²) in [7, 11) is 0. The van der Waals surface area contributed by atoms with Crippen molar-refractivity contribution >= 4 is 21.8 Å². The van der Waals surface area contributed by atoms with Crippen molar-refractivity contribution < 1.29 is 9.32 Å². The van der Waals surface area contributed by atoms with Crippen molar-refractivity contribution in [3.05, 3.63) is 70.5 Å². The van der Waals surface area contributed by atoms with Crippen molar-refractivity contribution in [1.82, 2.24) is 20.4 Å². The highest BCUT2D eigenvalue weighted by Gasteiger charge is 2.27. The number of aromatic nitrogens is 2. The lowest BCUT2D eigenvalue weighted by atomic mass is 9.95. The van der Waals surface area contributed by atoms with Gasteiger partial charge in [0.05, 0.1) is 12.5 Å². The van der Waals surface area contributed by atoms with Gasteiger partial charge in [-0.05, 0) is 61.6 Å². The fraction of sp³-hybridized carbons (Fsp3) is 0.423. The maximum absolute atomic E-state index is 12.9. The summed E-state index contributed by atoms with van der Waals surface area (Å²) in [6.45, 7) is 5.14. The molecule has 0 bridgehead atoms. The molecule has 0 radical (unpaired) electrons. The Hall–Kier alpha value is -2.51. The van der Waals surface area contributed by atoms with E-state index in [-0.39, 0.29) is 11.8 Å². The summed E-state index contributed by atoms with van der Waals surface area (Å²) in [5, 5.41) is 7.34. The monoisotopic (exact) mass is 510 g/mol. The number of carbonyl (C=O) groups excluding carboxylic acids is 1. The first kappa shape index (κ1) is 23.6. The molecule has 174 valence electrons. The molecular formula is C26H31BrN4O2. The first-order valence-electron chi connectivity index (χ1n) is 11.7. The van der Waals surface area contributed by atoms with E-state index in [1.165, 1.54) is 5.56 Å². The zero-order valence-corrected chi connectivity index (χ0v) is 20.6. The number of likely N-dealkylation sites (tertiary alicyclic amines) is 1. The number of hydrogen-bond acceptors (Lipinski definition) is 5. The van der Waals surface area contributed by atoms with Crippen LogP contribution in [0.1, 0.15) is 37.6 Å². The minimum absolute atomic E-state index is 0.00171. The molecule has 6 nitrogen and oxygen atoms in total. The van der Waals surface area contributed by atoms with Crippen molar-refractivity contribution in [3.63, 3.8) is 0 Å². The number of benzene rings is 2. The van der Waals surface area contributed by atoms with Gasteiger partial charge in [0.25, 0.3) is 0 Å². The molecule has 0 aliphatic carbocycles. The van der Waals surface area contributed by atoms with E-state index in [9.17, 15) is 4.79 Å². The van der Waals surface area contributed by atoms with Crippen LogP contribution < -0.4 is 5.32 Å². The minimum atomic E-state index is 0.00171. The van der Waals surface area contributed by atoms with Crippen LogP contribution in [-0.4, -0.2) is 40.6 Å². The second-order valence-electron chi connectivity index (χ2n) is 8.80.